The smallest absolute Gasteiger partial charge is 0.313 e. The molecule has 2 N–H and O–H groups in total. The van der Waals surface area contributed by atoms with Gasteiger partial charge in [-0.25, -0.2) is 0 Å². The predicted molar refractivity (Wildman–Crippen MR) is 73.3 cm³/mol. The molecule has 0 amide bonds. The first kappa shape index (κ1) is 13.4. The Bertz CT molecular complexity index is 569. The van der Waals surface area contributed by atoms with Gasteiger partial charge in [-0.15, -0.1) is 5.10 Å². The summed E-state index contributed by atoms with van der Waals surface area (Å²) in [5, 5.41) is 27.0. The van der Waals surface area contributed by atoms with Crippen molar-refractivity contribution in [3.63, 3.8) is 0 Å². The molecule has 0 aliphatic carbocycles. The van der Waals surface area contributed by atoms with Crippen molar-refractivity contribution in [2.75, 3.05) is 12.9 Å². The van der Waals surface area contributed by atoms with Crippen LogP contribution in [0.5, 0.6) is 11.5 Å². The molecular weight excluding hydrogens is 268 g/mol. The molecule has 6 nitrogen and oxygen atoms in total. The molecule has 0 atom stereocenters. The zero-order valence-corrected chi connectivity index (χ0v) is 11.0. The molecule has 7 heteroatoms. The lowest BCUT2D eigenvalue weighted by Crippen LogP contribution is -2.05. The third-order valence-corrected chi connectivity index (χ3v) is 3.43. The van der Waals surface area contributed by atoms with Crippen molar-refractivity contribution in [2.24, 2.45) is 10.2 Å². The lowest BCUT2D eigenvalue weighted by Gasteiger charge is -2.06. The van der Waals surface area contributed by atoms with Gasteiger partial charge in [0.1, 0.15) is 16.5 Å². The van der Waals surface area contributed by atoms with Crippen molar-refractivity contribution in [2.45, 2.75) is 6.42 Å². The van der Waals surface area contributed by atoms with Crippen LogP contribution in [0.2, 0.25) is 0 Å². The molecule has 0 spiro atoms. The first-order chi connectivity index (χ1) is 9.10. The normalized spacial score (nSPS) is 13.9. The fraction of sp³-hybridized carbons (Fsp3) is 0.250. The number of nitrogens with zero attached hydrogens (tertiary/aromatic N) is 2. The maximum absolute atomic E-state index is 10.5. The van der Waals surface area contributed by atoms with Crippen molar-refractivity contribution in [1.82, 2.24) is 0 Å². The van der Waals surface area contributed by atoms with Crippen molar-refractivity contribution >= 4 is 28.5 Å². The number of aliphatic carboxylic acids is 1. The molecule has 1 heterocycles. The molecule has 2 rings (SSSR count). The van der Waals surface area contributed by atoms with E-state index < -0.39 is 5.97 Å². The molecule has 1 aliphatic rings. The SMILES string of the molecule is COc1ccc(C2=NN=C(SCC(=O)O)C2)c(O)c1. The molecule has 0 saturated carbocycles. The molecular formula is C12H12N2O4S. The van der Waals surface area contributed by atoms with E-state index in [1.807, 2.05) is 0 Å². The fourth-order valence-electron chi connectivity index (χ4n) is 1.59. The highest BCUT2D eigenvalue weighted by Crippen LogP contribution is 2.27. The summed E-state index contributed by atoms with van der Waals surface area (Å²) in [4.78, 5) is 10.5. The van der Waals surface area contributed by atoms with Gasteiger partial charge in [0, 0.05) is 18.1 Å². The Hall–Kier alpha value is -2.02. The van der Waals surface area contributed by atoms with E-state index >= 15 is 0 Å². The third-order valence-electron chi connectivity index (χ3n) is 2.48. The van der Waals surface area contributed by atoms with Crippen LogP contribution in [0, 0.1) is 0 Å². The van der Waals surface area contributed by atoms with Crippen molar-refractivity contribution in [1.29, 1.82) is 0 Å². The zero-order valence-electron chi connectivity index (χ0n) is 10.2. The number of benzene rings is 1. The van der Waals surface area contributed by atoms with E-state index in [1.165, 1.54) is 13.2 Å². The Labute approximate surface area is 113 Å². The lowest BCUT2D eigenvalue weighted by atomic mass is 10.1. The van der Waals surface area contributed by atoms with Crippen LogP contribution in [0.1, 0.15) is 12.0 Å². The van der Waals surface area contributed by atoms with Gasteiger partial charge < -0.3 is 14.9 Å². The van der Waals surface area contributed by atoms with Gasteiger partial charge in [-0.05, 0) is 12.1 Å². The molecule has 0 fully saturated rings. The van der Waals surface area contributed by atoms with Gasteiger partial charge in [0.2, 0.25) is 0 Å². The van der Waals surface area contributed by atoms with Crippen molar-refractivity contribution in [3.05, 3.63) is 23.8 Å². The number of phenolic OH excluding ortho intramolecular Hbond substituents is 1. The summed E-state index contributed by atoms with van der Waals surface area (Å²) in [6, 6.07) is 4.92. The van der Waals surface area contributed by atoms with E-state index in [2.05, 4.69) is 10.2 Å². The molecule has 0 radical (unpaired) electrons. The van der Waals surface area contributed by atoms with Gasteiger partial charge in [0.25, 0.3) is 0 Å². The molecule has 0 aromatic heterocycles. The minimum absolute atomic E-state index is 0.0454. The second kappa shape index (κ2) is 5.75. The topological polar surface area (TPSA) is 91.5 Å². The van der Waals surface area contributed by atoms with Gasteiger partial charge in [0.15, 0.2) is 0 Å². The second-order valence-electron chi connectivity index (χ2n) is 3.78. The van der Waals surface area contributed by atoms with Crippen LogP contribution in [0.25, 0.3) is 0 Å². The summed E-state index contributed by atoms with van der Waals surface area (Å²) >= 11 is 1.13. The molecule has 1 aromatic carbocycles. The Balaban J connectivity index is 2.04. The van der Waals surface area contributed by atoms with Crippen LogP contribution in [0.4, 0.5) is 0 Å². The predicted octanol–water partition coefficient (Wildman–Crippen LogP) is 1.72. The summed E-state index contributed by atoms with van der Waals surface area (Å²) in [5.74, 6) is -0.316. The number of phenols is 1. The standard InChI is InChI=1S/C12H12N2O4S/c1-18-7-2-3-8(10(15)4-7)9-5-11(14-13-9)19-6-12(16)17/h2-4,15H,5-6H2,1H3,(H,16,17). The van der Waals surface area contributed by atoms with E-state index in [0.717, 1.165) is 11.8 Å². The van der Waals surface area contributed by atoms with E-state index in [0.29, 0.717) is 28.5 Å². The molecule has 19 heavy (non-hydrogen) atoms. The highest BCUT2D eigenvalue weighted by Gasteiger charge is 2.18. The number of rotatable bonds is 4. The Kier molecular flexibility index (Phi) is 4.06. The fourth-order valence-corrected chi connectivity index (χ4v) is 2.21. The number of carboxylic acids is 1. The van der Waals surface area contributed by atoms with Crippen LogP contribution in [-0.4, -0.2) is 39.8 Å². The van der Waals surface area contributed by atoms with Crippen LogP contribution < -0.4 is 4.74 Å². The molecule has 0 unspecified atom stereocenters. The molecule has 0 bridgehead atoms. The first-order valence-electron chi connectivity index (χ1n) is 5.45. The largest absolute Gasteiger partial charge is 0.507 e. The number of carboxylic acid groups (broad SMARTS) is 1. The zero-order chi connectivity index (χ0) is 13.8. The number of methoxy groups -OCH3 is 1. The van der Waals surface area contributed by atoms with E-state index in [4.69, 9.17) is 9.84 Å². The monoisotopic (exact) mass is 280 g/mol. The van der Waals surface area contributed by atoms with Gasteiger partial charge in [0.05, 0.1) is 18.6 Å². The van der Waals surface area contributed by atoms with Crippen LogP contribution in [-0.2, 0) is 4.79 Å². The minimum atomic E-state index is -0.895. The van der Waals surface area contributed by atoms with Gasteiger partial charge in [-0.1, -0.05) is 11.8 Å². The average molecular weight is 280 g/mol. The van der Waals surface area contributed by atoms with Crippen LogP contribution in [0.15, 0.2) is 28.4 Å². The highest BCUT2D eigenvalue weighted by molar-refractivity contribution is 8.14. The Morgan fingerprint density at radius 3 is 2.89 bits per heavy atom. The van der Waals surface area contributed by atoms with Crippen LogP contribution in [0.3, 0.4) is 0 Å². The van der Waals surface area contributed by atoms with Gasteiger partial charge >= 0.3 is 5.97 Å². The average Bonchev–Trinajstić information content (AvgIpc) is 2.84. The minimum Gasteiger partial charge on any atom is -0.507 e. The first-order valence-corrected chi connectivity index (χ1v) is 6.44. The van der Waals surface area contributed by atoms with E-state index in [9.17, 15) is 9.90 Å². The molecule has 1 aliphatic heterocycles. The Morgan fingerprint density at radius 1 is 1.47 bits per heavy atom. The molecule has 0 saturated heterocycles. The summed E-state index contributed by atoms with van der Waals surface area (Å²) in [6.07, 6.45) is 0.428. The van der Waals surface area contributed by atoms with Crippen LogP contribution >= 0.6 is 11.8 Å². The molecule has 100 valence electrons. The number of aromatic hydroxyl groups is 1. The molecule has 1 aromatic rings. The van der Waals surface area contributed by atoms with E-state index in [1.54, 1.807) is 12.1 Å². The van der Waals surface area contributed by atoms with Gasteiger partial charge in [-0.3, -0.25) is 4.79 Å². The number of carbonyl (C=O) groups is 1. The summed E-state index contributed by atoms with van der Waals surface area (Å²) < 4.78 is 5.00. The lowest BCUT2D eigenvalue weighted by molar-refractivity contribution is -0.133. The summed E-state index contributed by atoms with van der Waals surface area (Å²) in [6.45, 7) is 0. The second-order valence-corrected chi connectivity index (χ2v) is 4.83. The van der Waals surface area contributed by atoms with Crippen molar-refractivity contribution in [3.8, 4) is 11.5 Å². The maximum Gasteiger partial charge on any atom is 0.313 e. The highest BCUT2D eigenvalue weighted by atomic mass is 32.2. The quantitative estimate of drug-likeness (QED) is 0.876. The Morgan fingerprint density at radius 2 is 2.26 bits per heavy atom. The summed E-state index contributed by atoms with van der Waals surface area (Å²) in [5.41, 5.74) is 1.20. The third kappa shape index (κ3) is 3.25. The summed E-state index contributed by atoms with van der Waals surface area (Å²) in [7, 11) is 1.52. The number of thioether (sulfide) groups is 1. The number of hydrogen-bond acceptors (Lipinski definition) is 6. The maximum atomic E-state index is 10.5. The number of ether oxygens (including phenoxy) is 1. The van der Waals surface area contributed by atoms with E-state index in [-0.39, 0.29) is 11.5 Å². The van der Waals surface area contributed by atoms with Gasteiger partial charge in [-0.2, -0.15) is 5.10 Å². The number of hydrogen-bond donors (Lipinski definition) is 2. The van der Waals surface area contributed by atoms with Crippen molar-refractivity contribution < 1.29 is 19.7 Å².